The summed E-state index contributed by atoms with van der Waals surface area (Å²) in [4.78, 5) is 14.0. The van der Waals surface area contributed by atoms with Crippen molar-refractivity contribution in [2.45, 2.75) is 25.7 Å². The summed E-state index contributed by atoms with van der Waals surface area (Å²) in [6.45, 7) is 5.66. The second kappa shape index (κ2) is 7.28. The van der Waals surface area contributed by atoms with Gasteiger partial charge < -0.3 is 14.7 Å². The van der Waals surface area contributed by atoms with Gasteiger partial charge in [0, 0.05) is 31.9 Å². The third-order valence-electron chi connectivity index (χ3n) is 4.53. The van der Waals surface area contributed by atoms with Crippen molar-refractivity contribution in [3.63, 3.8) is 0 Å². The van der Waals surface area contributed by atoms with Crippen LogP contribution in [0.15, 0.2) is 27.6 Å². The minimum Gasteiger partial charge on any atom is -0.360 e. The highest BCUT2D eigenvalue weighted by Crippen LogP contribution is 2.24. The topological polar surface area (TPSA) is 95.8 Å². The first-order chi connectivity index (χ1) is 12.7. The van der Waals surface area contributed by atoms with Crippen LogP contribution < -0.4 is 5.32 Å². The molecular weight excluding hydrogens is 375 g/mol. The number of anilines is 1. The van der Waals surface area contributed by atoms with Crippen LogP contribution in [0.25, 0.3) is 0 Å². The van der Waals surface area contributed by atoms with E-state index in [0.29, 0.717) is 11.4 Å². The van der Waals surface area contributed by atoms with Crippen LogP contribution in [0.5, 0.6) is 0 Å². The maximum atomic E-state index is 13.4. The van der Waals surface area contributed by atoms with Crippen molar-refractivity contribution >= 4 is 21.7 Å². The van der Waals surface area contributed by atoms with Crippen LogP contribution in [-0.4, -0.2) is 55.0 Å². The van der Waals surface area contributed by atoms with Gasteiger partial charge in [0.25, 0.3) is 0 Å². The molecule has 1 aromatic heterocycles. The first-order valence-corrected chi connectivity index (χ1v) is 9.89. The fourth-order valence-corrected chi connectivity index (χ4v) is 4.74. The molecule has 1 aromatic carbocycles. The summed E-state index contributed by atoms with van der Waals surface area (Å²) in [5.74, 6) is -0.194. The van der Waals surface area contributed by atoms with Crippen molar-refractivity contribution in [2.75, 3.05) is 31.5 Å². The van der Waals surface area contributed by atoms with E-state index in [1.807, 2.05) is 0 Å². The van der Waals surface area contributed by atoms with Crippen molar-refractivity contribution < 1.29 is 22.1 Å². The number of hydrogen-bond donors (Lipinski definition) is 1. The molecule has 0 spiro atoms. The van der Waals surface area contributed by atoms with Crippen LogP contribution >= 0.6 is 0 Å². The van der Waals surface area contributed by atoms with E-state index in [0.717, 1.165) is 5.56 Å². The number of aryl methyl sites for hydroxylation is 3. The predicted molar refractivity (Wildman–Crippen MR) is 96.5 cm³/mol. The molecule has 27 heavy (non-hydrogen) atoms. The molecule has 0 saturated carbocycles. The normalized spacial score (nSPS) is 15.8. The molecule has 146 valence electrons. The Morgan fingerprint density at radius 2 is 1.85 bits per heavy atom. The molecule has 10 heteroatoms. The predicted octanol–water partition coefficient (Wildman–Crippen LogP) is 2.28. The van der Waals surface area contributed by atoms with E-state index in [4.69, 9.17) is 4.52 Å². The fourth-order valence-electron chi connectivity index (χ4n) is 3.03. The van der Waals surface area contributed by atoms with Gasteiger partial charge in [-0.05, 0) is 38.5 Å². The average Bonchev–Trinajstić information content (AvgIpc) is 2.97. The quantitative estimate of drug-likeness (QED) is 0.859. The lowest BCUT2D eigenvalue weighted by Gasteiger charge is -2.34. The molecule has 2 amide bonds. The summed E-state index contributed by atoms with van der Waals surface area (Å²) < 4.78 is 45.3. The maximum absolute atomic E-state index is 13.4. The molecule has 2 aromatic rings. The third-order valence-corrected chi connectivity index (χ3v) is 6.68. The minimum atomic E-state index is -3.73. The zero-order valence-corrected chi connectivity index (χ0v) is 16.1. The lowest BCUT2D eigenvalue weighted by molar-refractivity contribution is 0.184. The van der Waals surface area contributed by atoms with E-state index in [-0.39, 0.29) is 36.8 Å². The standard InChI is InChI=1S/C17H21FN4O4S/c1-11-4-5-14(18)10-15(11)19-17(23)21-6-8-22(9-7-21)27(24,25)16-12(2)20-26-13(16)3/h4-5,10H,6-9H2,1-3H3,(H,19,23). The van der Waals surface area contributed by atoms with Crippen LogP contribution in [0.2, 0.25) is 0 Å². The molecule has 0 unspecified atom stereocenters. The van der Waals surface area contributed by atoms with Gasteiger partial charge in [-0.25, -0.2) is 17.6 Å². The Balaban J connectivity index is 1.66. The molecule has 0 atom stereocenters. The Morgan fingerprint density at radius 3 is 2.44 bits per heavy atom. The molecule has 1 saturated heterocycles. The van der Waals surface area contributed by atoms with Crippen molar-refractivity contribution in [3.05, 3.63) is 41.0 Å². The molecule has 3 rings (SSSR count). The summed E-state index contributed by atoms with van der Waals surface area (Å²) in [6.07, 6.45) is 0. The number of halogens is 1. The van der Waals surface area contributed by atoms with E-state index >= 15 is 0 Å². The van der Waals surface area contributed by atoms with Crippen LogP contribution in [0.3, 0.4) is 0 Å². The molecule has 1 aliphatic rings. The molecule has 0 radical (unpaired) electrons. The third kappa shape index (κ3) is 3.81. The molecule has 1 aliphatic heterocycles. The first-order valence-electron chi connectivity index (χ1n) is 8.45. The van der Waals surface area contributed by atoms with Crippen molar-refractivity contribution in [2.24, 2.45) is 0 Å². The van der Waals surface area contributed by atoms with Gasteiger partial charge in [0.05, 0.1) is 0 Å². The SMILES string of the molecule is Cc1ccc(F)cc1NC(=O)N1CCN(S(=O)(=O)c2c(C)noc2C)CC1. The van der Waals surface area contributed by atoms with E-state index < -0.39 is 21.9 Å². The highest BCUT2D eigenvalue weighted by atomic mass is 32.2. The number of urea groups is 1. The Bertz CT molecular complexity index is 946. The number of hydrogen-bond acceptors (Lipinski definition) is 5. The lowest BCUT2D eigenvalue weighted by Crippen LogP contribution is -2.51. The smallest absolute Gasteiger partial charge is 0.321 e. The molecule has 8 nitrogen and oxygen atoms in total. The second-order valence-electron chi connectivity index (χ2n) is 6.43. The number of nitrogens with zero attached hydrogens (tertiary/aromatic N) is 3. The molecule has 1 fully saturated rings. The second-order valence-corrected chi connectivity index (χ2v) is 8.31. The zero-order valence-electron chi connectivity index (χ0n) is 15.3. The molecule has 2 heterocycles. The summed E-state index contributed by atoms with van der Waals surface area (Å²) in [5.41, 5.74) is 1.45. The van der Waals surface area contributed by atoms with Gasteiger partial charge >= 0.3 is 6.03 Å². The highest BCUT2D eigenvalue weighted by molar-refractivity contribution is 7.89. The number of aromatic nitrogens is 1. The maximum Gasteiger partial charge on any atom is 0.321 e. The number of amides is 2. The number of benzene rings is 1. The Kier molecular flexibility index (Phi) is 5.20. The fraction of sp³-hybridized carbons (Fsp3) is 0.412. The van der Waals surface area contributed by atoms with Crippen LogP contribution in [0.4, 0.5) is 14.9 Å². The monoisotopic (exact) mass is 396 g/mol. The van der Waals surface area contributed by atoms with Crippen molar-refractivity contribution in [3.8, 4) is 0 Å². The van der Waals surface area contributed by atoms with Crippen LogP contribution in [0, 0.1) is 26.6 Å². The summed E-state index contributed by atoms with van der Waals surface area (Å²) >= 11 is 0. The van der Waals surface area contributed by atoms with Gasteiger partial charge in [-0.2, -0.15) is 4.31 Å². The van der Waals surface area contributed by atoms with E-state index in [1.165, 1.54) is 21.3 Å². The molecule has 0 aliphatic carbocycles. The minimum absolute atomic E-state index is 0.0794. The van der Waals surface area contributed by atoms with Gasteiger partial charge in [0.1, 0.15) is 16.4 Å². The number of rotatable bonds is 3. The first kappa shape index (κ1) is 19.3. The highest BCUT2D eigenvalue weighted by Gasteiger charge is 2.34. The van der Waals surface area contributed by atoms with Gasteiger partial charge in [0.2, 0.25) is 10.0 Å². The molecule has 1 N–H and O–H groups in total. The van der Waals surface area contributed by atoms with Gasteiger partial charge in [-0.1, -0.05) is 11.2 Å². The van der Waals surface area contributed by atoms with Crippen molar-refractivity contribution in [1.29, 1.82) is 0 Å². The Morgan fingerprint density at radius 1 is 1.19 bits per heavy atom. The summed E-state index contributed by atoms with van der Waals surface area (Å²) in [6, 6.07) is 3.77. The van der Waals surface area contributed by atoms with Crippen LogP contribution in [0.1, 0.15) is 17.0 Å². The van der Waals surface area contributed by atoms with Crippen LogP contribution in [-0.2, 0) is 10.0 Å². The molecule has 0 bridgehead atoms. The van der Waals surface area contributed by atoms with E-state index in [1.54, 1.807) is 26.8 Å². The average molecular weight is 396 g/mol. The molecular formula is C17H21FN4O4S. The number of carbonyl (C=O) groups excluding carboxylic acids is 1. The Hall–Kier alpha value is -2.46. The number of sulfonamides is 1. The Labute approximate surface area is 157 Å². The zero-order chi connectivity index (χ0) is 19.8. The van der Waals surface area contributed by atoms with Gasteiger partial charge in [-0.3, -0.25) is 0 Å². The largest absolute Gasteiger partial charge is 0.360 e. The van der Waals surface area contributed by atoms with Gasteiger partial charge in [-0.15, -0.1) is 0 Å². The summed E-state index contributed by atoms with van der Waals surface area (Å²) in [5, 5.41) is 6.37. The number of nitrogens with one attached hydrogen (secondary N) is 1. The van der Waals surface area contributed by atoms with E-state index in [2.05, 4.69) is 10.5 Å². The van der Waals surface area contributed by atoms with Gasteiger partial charge in [0.15, 0.2) is 5.76 Å². The number of carbonyl (C=O) groups is 1. The summed E-state index contributed by atoms with van der Waals surface area (Å²) in [7, 11) is -3.73. The number of piperazine rings is 1. The van der Waals surface area contributed by atoms with E-state index in [9.17, 15) is 17.6 Å². The lowest BCUT2D eigenvalue weighted by atomic mass is 10.2. The van der Waals surface area contributed by atoms with Crippen molar-refractivity contribution in [1.82, 2.24) is 14.4 Å².